The van der Waals surface area contributed by atoms with E-state index in [2.05, 4.69) is 15.3 Å². The van der Waals surface area contributed by atoms with Crippen LogP contribution < -0.4 is 5.73 Å². The molecular weight excluding hydrogens is 376 g/mol. The minimum absolute atomic E-state index is 0.0823. The number of aromatic hydroxyl groups is 1. The van der Waals surface area contributed by atoms with Gasteiger partial charge in [0.25, 0.3) is 5.69 Å². The summed E-state index contributed by atoms with van der Waals surface area (Å²) in [7, 11) is 0. The van der Waals surface area contributed by atoms with Gasteiger partial charge in [0, 0.05) is 22.7 Å². The molecule has 11 heteroatoms. The van der Waals surface area contributed by atoms with Crippen LogP contribution in [0, 0.1) is 10.1 Å². The molecule has 0 unspecified atom stereocenters. The highest BCUT2D eigenvalue weighted by Crippen LogP contribution is 2.38. The quantitative estimate of drug-likeness (QED) is 0.392. The summed E-state index contributed by atoms with van der Waals surface area (Å²) in [5, 5.41) is 33.4. The number of nitro groups is 1. The highest BCUT2D eigenvalue weighted by Gasteiger charge is 2.22. The topological polar surface area (TPSA) is 149 Å². The maximum absolute atomic E-state index is 11.5. The molecule has 0 fully saturated rings. The fraction of sp³-hybridized carbons (Fsp3) is 0. The second kappa shape index (κ2) is 7.22. The third-order valence-corrected chi connectivity index (χ3v) is 3.74. The normalized spacial score (nSPS) is 11.0. The van der Waals surface area contributed by atoms with Gasteiger partial charge in [0.1, 0.15) is 5.69 Å². The van der Waals surface area contributed by atoms with Gasteiger partial charge in [-0.1, -0.05) is 11.6 Å². The fourth-order valence-corrected chi connectivity index (χ4v) is 2.32. The predicted molar refractivity (Wildman–Crippen MR) is 96.6 cm³/mol. The van der Waals surface area contributed by atoms with Gasteiger partial charge in [-0.15, -0.1) is 9.80 Å². The van der Waals surface area contributed by atoms with Gasteiger partial charge in [-0.25, -0.2) is 4.79 Å². The Bertz CT molecular complexity index is 1040. The summed E-state index contributed by atoms with van der Waals surface area (Å²) < 4.78 is 0.562. The first-order chi connectivity index (χ1) is 12.9. The number of aromatic nitrogens is 2. The van der Waals surface area contributed by atoms with E-state index in [0.717, 1.165) is 0 Å². The predicted octanol–water partition coefficient (Wildman–Crippen LogP) is 4.16. The number of nitrogens with zero attached hydrogens (tertiary/aromatic N) is 5. The van der Waals surface area contributed by atoms with Gasteiger partial charge in [-0.3, -0.25) is 10.1 Å². The highest BCUT2D eigenvalue weighted by atomic mass is 35.5. The first kappa shape index (κ1) is 18.0. The van der Waals surface area contributed by atoms with E-state index in [-0.39, 0.29) is 17.1 Å². The molecule has 3 rings (SSSR count). The second-order valence-corrected chi connectivity index (χ2v) is 5.69. The molecule has 0 aliphatic heterocycles. The number of rotatable bonds is 4. The molecule has 0 aliphatic rings. The Labute approximate surface area is 156 Å². The molecule has 1 amide bonds. The minimum atomic E-state index is -1.02. The summed E-state index contributed by atoms with van der Waals surface area (Å²) in [6.07, 6.45) is 0. The summed E-state index contributed by atoms with van der Waals surface area (Å²) in [6.45, 7) is 0. The standard InChI is InChI=1S/C16H11ClN6O4/c17-10-3-5-11(6-4-10)19-20-14-13(21-22(15(14)24)16(18)25)9-1-7-12(8-2-9)23(26)27/h1-8,24H,(H2,18,25)/b20-19+. The van der Waals surface area contributed by atoms with E-state index < -0.39 is 16.8 Å². The first-order valence-corrected chi connectivity index (χ1v) is 7.78. The Hall–Kier alpha value is -3.79. The lowest BCUT2D eigenvalue weighted by Gasteiger charge is -1.98. The first-order valence-electron chi connectivity index (χ1n) is 7.40. The zero-order valence-electron chi connectivity index (χ0n) is 13.5. The molecule has 0 atom stereocenters. The minimum Gasteiger partial charge on any atom is -0.491 e. The molecule has 0 saturated heterocycles. The Morgan fingerprint density at radius 3 is 2.33 bits per heavy atom. The number of primary amides is 1. The third kappa shape index (κ3) is 3.75. The average molecular weight is 387 g/mol. The molecule has 0 spiro atoms. The van der Waals surface area contributed by atoms with Crippen molar-refractivity contribution in [1.29, 1.82) is 0 Å². The molecular formula is C16H11ClN6O4. The molecule has 0 aliphatic carbocycles. The number of hydrogen-bond acceptors (Lipinski definition) is 7. The zero-order valence-corrected chi connectivity index (χ0v) is 14.2. The van der Waals surface area contributed by atoms with Crippen molar-refractivity contribution in [3.63, 3.8) is 0 Å². The highest BCUT2D eigenvalue weighted by molar-refractivity contribution is 6.30. The summed E-state index contributed by atoms with van der Waals surface area (Å²) in [6, 6.07) is 10.7. The molecule has 1 aromatic heterocycles. The van der Waals surface area contributed by atoms with Crippen molar-refractivity contribution in [2.45, 2.75) is 0 Å². The number of benzene rings is 2. The Morgan fingerprint density at radius 2 is 1.78 bits per heavy atom. The van der Waals surface area contributed by atoms with Crippen LogP contribution in [-0.4, -0.2) is 25.8 Å². The number of amides is 1. The van der Waals surface area contributed by atoms with E-state index in [9.17, 15) is 20.0 Å². The van der Waals surface area contributed by atoms with Crippen molar-refractivity contribution in [2.24, 2.45) is 16.0 Å². The second-order valence-electron chi connectivity index (χ2n) is 5.25. The van der Waals surface area contributed by atoms with Crippen LogP contribution in [-0.2, 0) is 0 Å². The molecule has 3 N–H and O–H groups in total. The summed E-state index contributed by atoms with van der Waals surface area (Å²) in [5.41, 5.74) is 5.85. The van der Waals surface area contributed by atoms with Gasteiger partial charge in [-0.2, -0.15) is 10.2 Å². The number of non-ortho nitro benzene ring substituents is 1. The summed E-state index contributed by atoms with van der Waals surface area (Å²) in [5.74, 6) is -0.603. The molecule has 0 saturated carbocycles. The van der Waals surface area contributed by atoms with Crippen molar-refractivity contribution in [3.05, 3.63) is 63.7 Å². The largest absolute Gasteiger partial charge is 0.491 e. The number of carbonyl (C=O) groups excluding carboxylic acids is 1. The summed E-state index contributed by atoms with van der Waals surface area (Å²) in [4.78, 5) is 21.7. The zero-order chi connectivity index (χ0) is 19.6. The molecule has 27 heavy (non-hydrogen) atoms. The Balaban J connectivity index is 2.07. The smallest absolute Gasteiger partial charge is 0.342 e. The van der Waals surface area contributed by atoms with Gasteiger partial charge in [0.15, 0.2) is 5.69 Å². The fourth-order valence-electron chi connectivity index (χ4n) is 2.20. The van der Waals surface area contributed by atoms with E-state index in [1.165, 1.54) is 24.3 Å². The maximum atomic E-state index is 11.5. The lowest BCUT2D eigenvalue weighted by Crippen LogP contribution is -2.20. The number of nitrogens with two attached hydrogens (primary N) is 1. The Kier molecular flexibility index (Phi) is 4.81. The molecule has 136 valence electrons. The maximum Gasteiger partial charge on any atom is 0.342 e. The van der Waals surface area contributed by atoms with E-state index in [0.29, 0.717) is 21.0 Å². The van der Waals surface area contributed by atoms with E-state index in [1.54, 1.807) is 24.3 Å². The molecule has 0 radical (unpaired) electrons. The van der Waals surface area contributed by atoms with Crippen LogP contribution in [0.2, 0.25) is 5.02 Å². The lowest BCUT2D eigenvalue weighted by molar-refractivity contribution is -0.384. The van der Waals surface area contributed by atoms with Crippen molar-refractivity contribution in [1.82, 2.24) is 9.78 Å². The van der Waals surface area contributed by atoms with Crippen molar-refractivity contribution in [2.75, 3.05) is 0 Å². The van der Waals surface area contributed by atoms with Crippen molar-refractivity contribution >= 4 is 34.7 Å². The van der Waals surface area contributed by atoms with E-state index in [1.807, 2.05) is 0 Å². The van der Waals surface area contributed by atoms with E-state index in [4.69, 9.17) is 17.3 Å². The molecule has 2 aromatic carbocycles. The van der Waals surface area contributed by atoms with Crippen LogP contribution in [0.1, 0.15) is 0 Å². The molecule has 0 bridgehead atoms. The van der Waals surface area contributed by atoms with Crippen LogP contribution in [0.15, 0.2) is 58.8 Å². The van der Waals surface area contributed by atoms with Gasteiger partial charge in [0.2, 0.25) is 5.88 Å². The average Bonchev–Trinajstić information content (AvgIpc) is 2.98. The number of azo groups is 1. The van der Waals surface area contributed by atoms with Crippen LogP contribution in [0.25, 0.3) is 11.3 Å². The molecule has 10 nitrogen and oxygen atoms in total. The number of halogens is 1. The van der Waals surface area contributed by atoms with Crippen molar-refractivity contribution in [3.8, 4) is 17.1 Å². The van der Waals surface area contributed by atoms with Crippen LogP contribution in [0.5, 0.6) is 5.88 Å². The van der Waals surface area contributed by atoms with Gasteiger partial charge in [0.05, 0.1) is 10.6 Å². The van der Waals surface area contributed by atoms with Gasteiger partial charge in [-0.05, 0) is 36.4 Å². The number of hydrogen-bond donors (Lipinski definition) is 2. The summed E-state index contributed by atoms with van der Waals surface area (Å²) >= 11 is 5.81. The van der Waals surface area contributed by atoms with Crippen LogP contribution in [0.3, 0.4) is 0 Å². The molecule has 3 aromatic rings. The van der Waals surface area contributed by atoms with E-state index >= 15 is 0 Å². The van der Waals surface area contributed by atoms with Crippen molar-refractivity contribution < 1.29 is 14.8 Å². The number of nitro benzene ring substituents is 1. The van der Waals surface area contributed by atoms with Crippen LogP contribution in [0.4, 0.5) is 21.9 Å². The van der Waals surface area contributed by atoms with Crippen LogP contribution >= 0.6 is 11.6 Å². The van der Waals surface area contributed by atoms with Gasteiger partial charge < -0.3 is 10.8 Å². The molecule has 1 heterocycles. The lowest BCUT2D eigenvalue weighted by atomic mass is 10.1. The third-order valence-electron chi connectivity index (χ3n) is 3.49. The monoisotopic (exact) mass is 386 g/mol. The van der Waals surface area contributed by atoms with Gasteiger partial charge >= 0.3 is 6.03 Å². The Morgan fingerprint density at radius 1 is 1.15 bits per heavy atom. The number of carbonyl (C=O) groups is 1. The SMILES string of the molecule is NC(=O)n1nc(-c2ccc([N+](=O)[O-])cc2)c(/N=N/c2ccc(Cl)cc2)c1O.